The maximum absolute atomic E-state index is 12.4. The number of carbonyl (C=O) groups is 1. The summed E-state index contributed by atoms with van der Waals surface area (Å²) in [4.78, 5) is 14.0. The molecule has 0 radical (unpaired) electrons. The van der Waals surface area contributed by atoms with Crippen molar-refractivity contribution in [2.24, 2.45) is 7.05 Å². The number of nitrogen functional groups attached to an aromatic ring is 1. The van der Waals surface area contributed by atoms with Crippen molar-refractivity contribution in [3.63, 3.8) is 0 Å². The molecule has 0 atom stereocenters. The fourth-order valence-electron chi connectivity index (χ4n) is 2.05. The summed E-state index contributed by atoms with van der Waals surface area (Å²) in [5.74, 6) is -0.0663. The van der Waals surface area contributed by atoms with E-state index in [2.05, 4.69) is 6.92 Å². The van der Waals surface area contributed by atoms with Crippen molar-refractivity contribution in [3.05, 3.63) is 47.8 Å². The largest absolute Gasteiger partial charge is 0.397 e. The molecule has 1 aromatic heterocycles. The fourth-order valence-corrected chi connectivity index (χ4v) is 2.05. The Morgan fingerprint density at radius 1 is 1.32 bits per heavy atom. The van der Waals surface area contributed by atoms with E-state index in [0.29, 0.717) is 11.4 Å². The normalized spacial score (nSPS) is 10.5. The molecule has 1 heterocycles. The minimum absolute atomic E-state index is 0.0663. The number of carbonyl (C=O) groups excluding carboxylic acids is 1. The van der Waals surface area contributed by atoms with Gasteiger partial charge in [0.2, 0.25) is 0 Å². The van der Waals surface area contributed by atoms with Crippen molar-refractivity contribution in [1.82, 2.24) is 4.57 Å². The van der Waals surface area contributed by atoms with E-state index < -0.39 is 0 Å². The van der Waals surface area contributed by atoms with Crippen LogP contribution in [0.5, 0.6) is 0 Å². The van der Waals surface area contributed by atoms with Gasteiger partial charge in [-0.25, -0.2) is 0 Å². The summed E-state index contributed by atoms with van der Waals surface area (Å²) in [6, 6.07) is 9.70. The van der Waals surface area contributed by atoms with Crippen molar-refractivity contribution < 1.29 is 4.79 Å². The number of rotatable bonds is 3. The fraction of sp³-hybridized carbons (Fsp3) is 0.267. The van der Waals surface area contributed by atoms with Crippen LogP contribution in [0.3, 0.4) is 0 Å². The van der Waals surface area contributed by atoms with E-state index >= 15 is 0 Å². The van der Waals surface area contributed by atoms with Crippen molar-refractivity contribution in [3.8, 4) is 0 Å². The molecule has 1 amide bonds. The van der Waals surface area contributed by atoms with Crippen LogP contribution in [0.25, 0.3) is 0 Å². The molecule has 1 aromatic carbocycles. The van der Waals surface area contributed by atoms with Crippen LogP contribution in [-0.2, 0) is 13.5 Å². The highest BCUT2D eigenvalue weighted by Gasteiger charge is 2.16. The number of hydrogen-bond acceptors (Lipinski definition) is 2. The Morgan fingerprint density at radius 3 is 2.42 bits per heavy atom. The molecular formula is C15H19N3O. The number of anilines is 2. The first-order valence-electron chi connectivity index (χ1n) is 6.31. The Balaban J connectivity index is 2.25. The van der Waals surface area contributed by atoms with Crippen molar-refractivity contribution in [2.45, 2.75) is 13.3 Å². The first kappa shape index (κ1) is 13.2. The molecule has 0 spiro atoms. The van der Waals surface area contributed by atoms with Gasteiger partial charge in [-0.3, -0.25) is 4.79 Å². The van der Waals surface area contributed by atoms with Gasteiger partial charge in [0, 0.05) is 26.0 Å². The highest BCUT2D eigenvalue weighted by atomic mass is 16.2. The van der Waals surface area contributed by atoms with Gasteiger partial charge in [0.15, 0.2) is 0 Å². The molecule has 19 heavy (non-hydrogen) atoms. The summed E-state index contributed by atoms with van der Waals surface area (Å²) in [6.45, 7) is 2.11. The highest BCUT2D eigenvalue weighted by molar-refractivity contribution is 6.05. The van der Waals surface area contributed by atoms with Crippen molar-refractivity contribution in [2.75, 3.05) is 17.7 Å². The average molecular weight is 257 g/mol. The Bertz CT molecular complexity index is 584. The molecule has 0 fully saturated rings. The molecule has 0 saturated heterocycles. The number of aromatic nitrogens is 1. The number of nitrogens with two attached hydrogens (primary N) is 1. The van der Waals surface area contributed by atoms with Crippen LogP contribution in [0.15, 0.2) is 36.5 Å². The molecule has 0 bridgehead atoms. The lowest BCUT2D eigenvalue weighted by molar-refractivity contribution is 0.0985. The number of aryl methyl sites for hydroxylation is 2. The Labute approximate surface area is 113 Å². The maximum Gasteiger partial charge on any atom is 0.274 e. The van der Waals surface area contributed by atoms with E-state index in [1.54, 1.807) is 28.8 Å². The summed E-state index contributed by atoms with van der Waals surface area (Å²) >= 11 is 0. The van der Waals surface area contributed by atoms with Gasteiger partial charge < -0.3 is 15.2 Å². The van der Waals surface area contributed by atoms with E-state index in [9.17, 15) is 4.79 Å². The van der Waals surface area contributed by atoms with Crippen LogP contribution in [0.2, 0.25) is 0 Å². The minimum Gasteiger partial charge on any atom is -0.397 e. The van der Waals surface area contributed by atoms with Crippen LogP contribution in [0.4, 0.5) is 11.4 Å². The molecule has 0 aliphatic carbocycles. The van der Waals surface area contributed by atoms with E-state index in [1.807, 2.05) is 31.3 Å². The van der Waals surface area contributed by atoms with Gasteiger partial charge in [0.05, 0.1) is 5.69 Å². The first-order valence-corrected chi connectivity index (χ1v) is 6.31. The van der Waals surface area contributed by atoms with Crippen LogP contribution in [0, 0.1) is 0 Å². The molecule has 2 N–H and O–H groups in total. The molecule has 100 valence electrons. The summed E-state index contributed by atoms with van der Waals surface area (Å²) in [6.07, 6.45) is 2.73. The second-order valence-corrected chi connectivity index (χ2v) is 4.65. The average Bonchev–Trinajstić information content (AvgIpc) is 2.76. The van der Waals surface area contributed by atoms with Crippen LogP contribution >= 0.6 is 0 Å². The Kier molecular flexibility index (Phi) is 3.60. The minimum atomic E-state index is -0.0663. The van der Waals surface area contributed by atoms with E-state index in [-0.39, 0.29) is 5.91 Å². The standard InChI is InChI=1S/C15H19N3O/c1-4-11-5-7-13(8-6-11)18(3)15(19)14-9-12(16)10-17(14)2/h5-10H,4,16H2,1-3H3. The summed E-state index contributed by atoms with van der Waals surface area (Å²) in [5.41, 5.74) is 9.02. The van der Waals surface area contributed by atoms with Gasteiger partial charge in [0.25, 0.3) is 5.91 Å². The lowest BCUT2D eigenvalue weighted by Gasteiger charge is -2.18. The second kappa shape index (κ2) is 5.18. The zero-order valence-electron chi connectivity index (χ0n) is 11.6. The van der Waals surface area contributed by atoms with E-state index in [4.69, 9.17) is 5.73 Å². The summed E-state index contributed by atoms with van der Waals surface area (Å²) in [7, 11) is 3.59. The number of amides is 1. The van der Waals surface area contributed by atoms with E-state index in [0.717, 1.165) is 12.1 Å². The van der Waals surface area contributed by atoms with Gasteiger partial charge in [-0.15, -0.1) is 0 Å². The Hall–Kier alpha value is -2.23. The predicted molar refractivity (Wildman–Crippen MR) is 78.4 cm³/mol. The number of nitrogens with zero attached hydrogens (tertiary/aromatic N) is 2. The molecule has 0 saturated carbocycles. The third kappa shape index (κ3) is 2.62. The van der Waals surface area contributed by atoms with Gasteiger partial charge in [-0.05, 0) is 30.2 Å². The van der Waals surface area contributed by atoms with Crippen molar-refractivity contribution >= 4 is 17.3 Å². The molecule has 0 aliphatic rings. The predicted octanol–water partition coefficient (Wildman–Crippen LogP) is 2.45. The molecular weight excluding hydrogens is 238 g/mol. The van der Waals surface area contributed by atoms with Crippen LogP contribution in [0.1, 0.15) is 23.0 Å². The topological polar surface area (TPSA) is 51.3 Å². The van der Waals surface area contributed by atoms with Crippen LogP contribution in [-0.4, -0.2) is 17.5 Å². The van der Waals surface area contributed by atoms with Crippen LogP contribution < -0.4 is 10.6 Å². The third-order valence-electron chi connectivity index (χ3n) is 3.28. The van der Waals surface area contributed by atoms with Gasteiger partial charge >= 0.3 is 0 Å². The smallest absolute Gasteiger partial charge is 0.274 e. The monoisotopic (exact) mass is 257 g/mol. The quantitative estimate of drug-likeness (QED) is 0.918. The van der Waals surface area contributed by atoms with Gasteiger partial charge in [-0.1, -0.05) is 19.1 Å². The number of hydrogen-bond donors (Lipinski definition) is 1. The van der Waals surface area contributed by atoms with Gasteiger partial charge in [0.1, 0.15) is 5.69 Å². The zero-order valence-corrected chi connectivity index (χ0v) is 11.6. The number of benzene rings is 1. The first-order chi connectivity index (χ1) is 9.02. The highest BCUT2D eigenvalue weighted by Crippen LogP contribution is 2.18. The lowest BCUT2D eigenvalue weighted by atomic mass is 10.1. The summed E-state index contributed by atoms with van der Waals surface area (Å²) in [5, 5.41) is 0. The molecule has 4 nitrogen and oxygen atoms in total. The molecule has 2 aromatic rings. The SMILES string of the molecule is CCc1ccc(N(C)C(=O)c2cc(N)cn2C)cc1. The molecule has 0 unspecified atom stereocenters. The zero-order chi connectivity index (χ0) is 14.0. The van der Waals surface area contributed by atoms with Gasteiger partial charge in [-0.2, -0.15) is 0 Å². The van der Waals surface area contributed by atoms with Crippen molar-refractivity contribution in [1.29, 1.82) is 0 Å². The molecule has 4 heteroatoms. The second-order valence-electron chi connectivity index (χ2n) is 4.65. The maximum atomic E-state index is 12.4. The molecule has 0 aliphatic heterocycles. The van der Waals surface area contributed by atoms with E-state index in [1.165, 1.54) is 5.56 Å². The molecule has 2 rings (SSSR count). The third-order valence-corrected chi connectivity index (χ3v) is 3.28. The lowest BCUT2D eigenvalue weighted by Crippen LogP contribution is -2.27. The summed E-state index contributed by atoms with van der Waals surface area (Å²) < 4.78 is 1.74. The Morgan fingerprint density at radius 2 is 1.95 bits per heavy atom.